The molecule has 0 aliphatic heterocycles. The highest BCUT2D eigenvalue weighted by atomic mass is 32.2. The molecule has 0 heterocycles. The summed E-state index contributed by atoms with van der Waals surface area (Å²) in [6.45, 7) is 0.724. The van der Waals surface area contributed by atoms with E-state index < -0.39 is 15.8 Å². The summed E-state index contributed by atoms with van der Waals surface area (Å²) in [5.74, 6) is 0.162. The van der Waals surface area contributed by atoms with Crippen molar-refractivity contribution >= 4 is 27.3 Å². The number of halogens is 1. The van der Waals surface area contributed by atoms with Crippen LogP contribution in [0.5, 0.6) is 17.2 Å². The normalized spacial score (nSPS) is 10.9. The third-order valence-corrected chi connectivity index (χ3v) is 7.53. The van der Waals surface area contributed by atoms with Crippen molar-refractivity contribution in [3.63, 3.8) is 0 Å². The molecule has 3 N–H and O–H groups in total. The van der Waals surface area contributed by atoms with Crippen molar-refractivity contribution in [3.8, 4) is 28.4 Å². The van der Waals surface area contributed by atoms with Gasteiger partial charge in [-0.25, -0.2) is 12.8 Å². The summed E-state index contributed by atoms with van der Waals surface area (Å²) < 4.78 is 59.9. The lowest BCUT2D eigenvalue weighted by atomic mass is 10.0. The zero-order chi connectivity index (χ0) is 29.4. The van der Waals surface area contributed by atoms with Crippen molar-refractivity contribution in [1.82, 2.24) is 5.32 Å². The summed E-state index contributed by atoms with van der Waals surface area (Å²) in [5.41, 5.74) is 1.86. The number of benzene rings is 4. The van der Waals surface area contributed by atoms with E-state index in [0.717, 1.165) is 0 Å². The molecule has 0 spiro atoms. The molecule has 1 amide bonds. The molecule has 0 saturated carbocycles. The third-order valence-electron chi connectivity index (χ3n) is 6.12. The zero-order valence-corrected chi connectivity index (χ0v) is 23.5. The van der Waals surface area contributed by atoms with Gasteiger partial charge >= 0.3 is 0 Å². The topological polar surface area (TPSA) is 115 Å². The van der Waals surface area contributed by atoms with Crippen LogP contribution in [0.1, 0.15) is 10.4 Å². The van der Waals surface area contributed by atoms with Gasteiger partial charge in [0.25, 0.3) is 15.9 Å². The second-order valence-corrected chi connectivity index (χ2v) is 10.4. The Morgan fingerprint density at radius 3 is 2.27 bits per heavy atom. The first-order valence-electron chi connectivity index (χ1n) is 12.6. The number of amides is 1. The Morgan fingerprint density at radius 1 is 0.780 bits per heavy atom. The monoisotopic (exact) mass is 579 g/mol. The van der Waals surface area contributed by atoms with Gasteiger partial charge in [0.05, 0.1) is 32.6 Å². The van der Waals surface area contributed by atoms with Crippen LogP contribution in [-0.4, -0.2) is 48.7 Å². The summed E-state index contributed by atoms with van der Waals surface area (Å²) in [5, 5.41) is 5.98. The van der Waals surface area contributed by atoms with E-state index in [1.807, 2.05) is 0 Å². The molecule has 0 aliphatic rings. The number of sulfonamides is 1. The molecule has 0 saturated heterocycles. The van der Waals surface area contributed by atoms with Crippen LogP contribution in [0.15, 0.2) is 89.8 Å². The molecular formula is C30H30FN3O6S. The van der Waals surface area contributed by atoms with Crippen molar-refractivity contribution < 1.29 is 31.8 Å². The van der Waals surface area contributed by atoms with Gasteiger partial charge in [0, 0.05) is 24.3 Å². The van der Waals surface area contributed by atoms with E-state index >= 15 is 0 Å². The van der Waals surface area contributed by atoms with E-state index in [4.69, 9.17) is 14.2 Å². The van der Waals surface area contributed by atoms with E-state index in [0.29, 0.717) is 41.3 Å². The van der Waals surface area contributed by atoms with Crippen LogP contribution >= 0.6 is 0 Å². The number of hydrogen-bond donors (Lipinski definition) is 3. The Morgan fingerprint density at radius 2 is 1.51 bits per heavy atom. The minimum absolute atomic E-state index is 0.0950. The lowest BCUT2D eigenvalue weighted by molar-refractivity contribution is 0.0955. The van der Waals surface area contributed by atoms with Crippen molar-refractivity contribution in [1.29, 1.82) is 0 Å². The molecular weight excluding hydrogens is 549 g/mol. The Kier molecular flexibility index (Phi) is 9.30. The molecule has 9 nitrogen and oxygen atoms in total. The number of rotatable bonds is 12. The molecule has 0 aliphatic carbocycles. The predicted octanol–water partition coefficient (Wildman–Crippen LogP) is 5.16. The molecule has 0 fully saturated rings. The standard InChI is InChI=1S/C30H30FN3O6S/c1-38-24-10-4-7-21(17-24)30(35)33-16-15-32-22-8-5-9-23(19-22)34-41(36,37)28-18-20(13-14-26(28)39-2)29-25(31)11-6-12-27(29)40-3/h4-14,17-19,32,34H,15-16H2,1-3H3,(H,33,35). The van der Waals surface area contributed by atoms with Crippen molar-refractivity contribution in [2.75, 3.05) is 44.5 Å². The Bertz CT molecular complexity index is 1650. The molecule has 11 heteroatoms. The molecule has 214 valence electrons. The van der Waals surface area contributed by atoms with Crippen molar-refractivity contribution in [2.45, 2.75) is 4.90 Å². The van der Waals surface area contributed by atoms with E-state index in [-0.39, 0.29) is 27.9 Å². The first-order valence-corrected chi connectivity index (χ1v) is 14.0. The highest BCUT2D eigenvalue weighted by molar-refractivity contribution is 7.92. The minimum Gasteiger partial charge on any atom is -0.497 e. The van der Waals surface area contributed by atoms with Crippen LogP contribution in [0.3, 0.4) is 0 Å². The van der Waals surface area contributed by atoms with Crippen LogP contribution in [-0.2, 0) is 10.0 Å². The third kappa shape index (κ3) is 7.06. The number of carbonyl (C=O) groups excluding carboxylic acids is 1. The average molecular weight is 580 g/mol. The van der Waals surface area contributed by atoms with Gasteiger partial charge in [0.2, 0.25) is 0 Å². The van der Waals surface area contributed by atoms with Gasteiger partial charge in [-0.1, -0.05) is 24.3 Å². The van der Waals surface area contributed by atoms with Crippen LogP contribution in [0, 0.1) is 5.82 Å². The zero-order valence-electron chi connectivity index (χ0n) is 22.7. The first-order chi connectivity index (χ1) is 19.7. The van der Waals surface area contributed by atoms with E-state index in [1.54, 1.807) is 60.7 Å². The van der Waals surface area contributed by atoms with Gasteiger partial charge in [0.15, 0.2) is 0 Å². The molecule has 0 aromatic heterocycles. The number of hydrogen-bond acceptors (Lipinski definition) is 7. The fourth-order valence-corrected chi connectivity index (χ4v) is 5.39. The SMILES string of the molecule is COc1cccc(C(=O)NCCNc2cccc(NS(=O)(=O)c3cc(-c4c(F)cccc4OC)ccc3OC)c2)c1. The summed E-state index contributed by atoms with van der Waals surface area (Å²) >= 11 is 0. The second-order valence-electron chi connectivity index (χ2n) is 8.78. The van der Waals surface area contributed by atoms with Gasteiger partial charge in [-0.3, -0.25) is 9.52 Å². The molecule has 0 bridgehead atoms. The van der Waals surface area contributed by atoms with E-state index in [1.165, 1.54) is 45.6 Å². The molecule has 4 aromatic rings. The van der Waals surface area contributed by atoms with E-state index in [2.05, 4.69) is 15.4 Å². The smallest absolute Gasteiger partial charge is 0.265 e. The quantitative estimate of drug-likeness (QED) is 0.199. The summed E-state index contributed by atoms with van der Waals surface area (Å²) in [6.07, 6.45) is 0. The molecule has 4 aromatic carbocycles. The van der Waals surface area contributed by atoms with Gasteiger partial charge in [-0.2, -0.15) is 0 Å². The fraction of sp³-hybridized carbons (Fsp3) is 0.167. The van der Waals surface area contributed by atoms with Crippen molar-refractivity contribution in [2.24, 2.45) is 0 Å². The maximum Gasteiger partial charge on any atom is 0.265 e. The lowest BCUT2D eigenvalue weighted by Crippen LogP contribution is -2.28. The van der Waals surface area contributed by atoms with Crippen molar-refractivity contribution in [3.05, 3.63) is 96.3 Å². The second kappa shape index (κ2) is 13.1. The Hall–Kier alpha value is -4.77. The molecule has 4 rings (SSSR count). The summed E-state index contributed by atoms with van der Waals surface area (Å²) in [7, 11) is 0.162. The first kappa shape index (κ1) is 29.2. The predicted molar refractivity (Wildman–Crippen MR) is 156 cm³/mol. The fourth-order valence-electron chi connectivity index (χ4n) is 4.15. The molecule has 0 radical (unpaired) electrons. The van der Waals surface area contributed by atoms with Crippen LogP contribution < -0.4 is 29.6 Å². The number of ether oxygens (including phenoxy) is 3. The van der Waals surface area contributed by atoms with E-state index in [9.17, 15) is 17.6 Å². The number of carbonyl (C=O) groups is 1. The minimum atomic E-state index is -4.14. The van der Waals surface area contributed by atoms with Gasteiger partial charge in [-0.05, 0) is 66.2 Å². The summed E-state index contributed by atoms with van der Waals surface area (Å²) in [6, 6.07) is 22.3. The molecule has 0 unspecified atom stereocenters. The highest BCUT2D eigenvalue weighted by Crippen LogP contribution is 2.37. The number of anilines is 2. The maximum atomic E-state index is 14.7. The maximum absolute atomic E-state index is 14.7. The average Bonchev–Trinajstić information content (AvgIpc) is 2.98. The van der Waals surface area contributed by atoms with Gasteiger partial charge in [0.1, 0.15) is 28.0 Å². The lowest BCUT2D eigenvalue weighted by Gasteiger charge is -2.15. The van der Waals surface area contributed by atoms with Crippen LogP contribution in [0.2, 0.25) is 0 Å². The largest absolute Gasteiger partial charge is 0.497 e. The highest BCUT2D eigenvalue weighted by Gasteiger charge is 2.23. The van der Waals surface area contributed by atoms with Gasteiger partial charge in [-0.15, -0.1) is 0 Å². The van der Waals surface area contributed by atoms with Gasteiger partial charge < -0.3 is 24.8 Å². The Labute approximate surface area is 238 Å². The molecule has 0 atom stereocenters. The van der Waals surface area contributed by atoms with Crippen LogP contribution in [0.25, 0.3) is 11.1 Å². The van der Waals surface area contributed by atoms with Crippen LogP contribution in [0.4, 0.5) is 15.8 Å². The number of methoxy groups -OCH3 is 3. The molecule has 41 heavy (non-hydrogen) atoms. The summed E-state index contributed by atoms with van der Waals surface area (Å²) in [4.78, 5) is 12.2. The Balaban J connectivity index is 1.46. The number of nitrogens with one attached hydrogen (secondary N) is 3.